The molecule has 0 amide bonds. The lowest BCUT2D eigenvalue weighted by atomic mass is 10.0. The number of thiophene rings is 1. The Morgan fingerprint density at radius 3 is 2.50 bits per heavy atom. The Labute approximate surface area is 103 Å². The first kappa shape index (κ1) is 9.88. The Balaban J connectivity index is 2.34. The van der Waals surface area contributed by atoms with E-state index in [1.807, 2.05) is 18.2 Å². The van der Waals surface area contributed by atoms with Crippen LogP contribution >= 0.6 is 22.9 Å². The van der Waals surface area contributed by atoms with Gasteiger partial charge in [0.2, 0.25) is 0 Å². The van der Waals surface area contributed by atoms with Crippen molar-refractivity contribution in [2.45, 2.75) is 0 Å². The summed E-state index contributed by atoms with van der Waals surface area (Å²) in [6.07, 6.45) is 0. The summed E-state index contributed by atoms with van der Waals surface area (Å²) in [5.74, 6) is 0. The van der Waals surface area contributed by atoms with E-state index in [-0.39, 0.29) is 0 Å². The summed E-state index contributed by atoms with van der Waals surface area (Å²) in [6.45, 7) is 0. The van der Waals surface area contributed by atoms with Gasteiger partial charge in [0.25, 0.3) is 0 Å². The molecule has 0 aliphatic heterocycles. The van der Waals surface area contributed by atoms with E-state index in [1.54, 1.807) is 11.3 Å². The summed E-state index contributed by atoms with van der Waals surface area (Å²) in [5.41, 5.74) is 2.32. The second-order valence-corrected chi connectivity index (χ2v) is 4.97. The molecule has 0 fully saturated rings. The summed E-state index contributed by atoms with van der Waals surface area (Å²) in [4.78, 5) is 0. The van der Waals surface area contributed by atoms with Crippen molar-refractivity contribution in [3.8, 4) is 11.1 Å². The summed E-state index contributed by atoms with van der Waals surface area (Å²) in [6, 6.07) is 16.5. The third kappa shape index (κ3) is 1.53. The fourth-order valence-corrected chi connectivity index (χ4v) is 2.96. The molecule has 16 heavy (non-hydrogen) atoms. The number of fused-ring (bicyclic) bond motifs is 1. The molecule has 3 aromatic rings. The fourth-order valence-electron chi connectivity index (χ4n) is 1.91. The molecule has 0 atom stereocenters. The standard InChI is InChI=1S/C14H9ClS/c15-13-6-2-1-4-11(13)10-5-3-7-14-12(10)8-9-16-14/h1-9H. The van der Waals surface area contributed by atoms with Crippen LogP contribution in [0.5, 0.6) is 0 Å². The minimum Gasteiger partial charge on any atom is -0.144 e. The molecule has 1 heterocycles. The van der Waals surface area contributed by atoms with E-state index in [0.717, 1.165) is 10.6 Å². The van der Waals surface area contributed by atoms with Gasteiger partial charge in [0.05, 0.1) is 0 Å². The summed E-state index contributed by atoms with van der Waals surface area (Å²) >= 11 is 7.99. The molecular weight excluding hydrogens is 236 g/mol. The van der Waals surface area contributed by atoms with Crippen molar-refractivity contribution >= 4 is 33.0 Å². The van der Waals surface area contributed by atoms with Crippen LogP contribution in [0.1, 0.15) is 0 Å². The Bertz CT molecular complexity index is 640. The van der Waals surface area contributed by atoms with Crippen molar-refractivity contribution < 1.29 is 0 Å². The lowest BCUT2D eigenvalue weighted by Gasteiger charge is -2.05. The highest BCUT2D eigenvalue weighted by Gasteiger charge is 2.06. The molecule has 78 valence electrons. The van der Waals surface area contributed by atoms with Crippen molar-refractivity contribution in [2.24, 2.45) is 0 Å². The van der Waals surface area contributed by atoms with Gasteiger partial charge in [0.1, 0.15) is 0 Å². The highest BCUT2D eigenvalue weighted by atomic mass is 35.5. The van der Waals surface area contributed by atoms with E-state index in [9.17, 15) is 0 Å². The van der Waals surface area contributed by atoms with Gasteiger partial charge < -0.3 is 0 Å². The van der Waals surface area contributed by atoms with Gasteiger partial charge in [-0.3, -0.25) is 0 Å². The van der Waals surface area contributed by atoms with Crippen molar-refractivity contribution in [1.82, 2.24) is 0 Å². The lowest BCUT2D eigenvalue weighted by molar-refractivity contribution is 1.66. The molecular formula is C14H9ClS. The molecule has 0 aliphatic carbocycles. The van der Waals surface area contributed by atoms with Gasteiger partial charge in [-0.15, -0.1) is 11.3 Å². The van der Waals surface area contributed by atoms with Gasteiger partial charge in [-0.1, -0.05) is 41.9 Å². The average Bonchev–Trinajstić information content (AvgIpc) is 2.77. The normalized spacial score (nSPS) is 10.8. The predicted octanol–water partition coefficient (Wildman–Crippen LogP) is 5.22. The van der Waals surface area contributed by atoms with Crippen LogP contribution in [0, 0.1) is 0 Å². The lowest BCUT2D eigenvalue weighted by Crippen LogP contribution is -1.79. The van der Waals surface area contributed by atoms with Crippen LogP contribution in [0.3, 0.4) is 0 Å². The number of hydrogen-bond acceptors (Lipinski definition) is 1. The molecule has 0 aliphatic rings. The van der Waals surface area contributed by atoms with Crippen LogP contribution in [0.4, 0.5) is 0 Å². The van der Waals surface area contributed by atoms with Crippen molar-refractivity contribution in [1.29, 1.82) is 0 Å². The molecule has 0 saturated carbocycles. The maximum atomic E-state index is 6.23. The molecule has 0 unspecified atom stereocenters. The molecule has 0 radical (unpaired) electrons. The van der Waals surface area contributed by atoms with Crippen molar-refractivity contribution in [2.75, 3.05) is 0 Å². The molecule has 2 aromatic carbocycles. The highest BCUT2D eigenvalue weighted by Crippen LogP contribution is 2.35. The van der Waals surface area contributed by atoms with Crippen molar-refractivity contribution in [3.05, 3.63) is 58.9 Å². The Morgan fingerprint density at radius 2 is 1.62 bits per heavy atom. The highest BCUT2D eigenvalue weighted by molar-refractivity contribution is 7.17. The summed E-state index contributed by atoms with van der Waals surface area (Å²) in [5, 5.41) is 4.20. The molecule has 3 rings (SSSR count). The molecule has 0 saturated heterocycles. The zero-order valence-electron chi connectivity index (χ0n) is 8.48. The van der Waals surface area contributed by atoms with Gasteiger partial charge in [-0.05, 0) is 29.1 Å². The molecule has 2 heteroatoms. The van der Waals surface area contributed by atoms with E-state index in [4.69, 9.17) is 11.6 Å². The first-order valence-corrected chi connectivity index (χ1v) is 6.33. The van der Waals surface area contributed by atoms with Crippen LogP contribution in [0.15, 0.2) is 53.9 Å². The Hall–Kier alpha value is -1.31. The number of rotatable bonds is 1. The minimum absolute atomic E-state index is 0.807. The number of halogens is 1. The fraction of sp³-hybridized carbons (Fsp3) is 0. The van der Waals surface area contributed by atoms with E-state index >= 15 is 0 Å². The van der Waals surface area contributed by atoms with E-state index < -0.39 is 0 Å². The Kier molecular flexibility index (Phi) is 2.43. The SMILES string of the molecule is Clc1ccccc1-c1cccc2sccc12. The van der Waals surface area contributed by atoms with Gasteiger partial charge in [0, 0.05) is 20.7 Å². The van der Waals surface area contributed by atoms with E-state index in [1.165, 1.54) is 15.6 Å². The van der Waals surface area contributed by atoms with Crippen LogP contribution < -0.4 is 0 Å². The second-order valence-electron chi connectivity index (χ2n) is 3.62. The van der Waals surface area contributed by atoms with E-state index in [0.29, 0.717) is 0 Å². The van der Waals surface area contributed by atoms with Gasteiger partial charge in [0.15, 0.2) is 0 Å². The zero-order chi connectivity index (χ0) is 11.0. The molecule has 1 aromatic heterocycles. The van der Waals surface area contributed by atoms with Crippen LogP contribution in [0.2, 0.25) is 5.02 Å². The summed E-state index contributed by atoms with van der Waals surface area (Å²) < 4.78 is 1.30. The van der Waals surface area contributed by atoms with Gasteiger partial charge in [-0.2, -0.15) is 0 Å². The monoisotopic (exact) mass is 244 g/mol. The minimum atomic E-state index is 0.807. The molecule has 0 bridgehead atoms. The topological polar surface area (TPSA) is 0 Å². The molecule has 0 N–H and O–H groups in total. The maximum absolute atomic E-state index is 6.23. The molecule has 0 spiro atoms. The third-order valence-corrected chi connectivity index (χ3v) is 3.87. The van der Waals surface area contributed by atoms with Crippen LogP contribution in [-0.2, 0) is 0 Å². The number of hydrogen-bond donors (Lipinski definition) is 0. The first-order chi connectivity index (χ1) is 7.86. The summed E-state index contributed by atoms with van der Waals surface area (Å²) in [7, 11) is 0. The largest absolute Gasteiger partial charge is 0.144 e. The number of benzene rings is 2. The van der Waals surface area contributed by atoms with Crippen molar-refractivity contribution in [3.63, 3.8) is 0 Å². The third-order valence-electron chi connectivity index (χ3n) is 2.66. The maximum Gasteiger partial charge on any atom is 0.0484 e. The predicted molar refractivity (Wildman–Crippen MR) is 72.3 cm³/mol. The van der Waals surface area contributed by atoms with Crippen LogP contribution in [0.25, 0.3) is 21.2 Å². The van der Waals surface area contributed by atoms with Gasteiger partial charge in [-0.25, -0.2) is 0 Å². The Morgan fingerprint density at radius 1 is 0.812 bits per heavy atom. The molecule has 0 nitrogen and oxygen atoms in total. The van der Waals surface area contributed by atoms with Crippen LogP contribution in [-0.4, -0.2) is 0 Å². The second kappa shape index (κ2) is 3.93. The zero-order valence-corrected chi connectivity index (χ0v) is 10.1. The van der Waals surface area contributed by atoms with E-state index in [2.05, 4.69) is 35.7 Å². The smallest absolute Gasteiger partial charge is 0.0484 e. The quantitative estimate of drug-likeness (QED) is 0.550. The first-order valence-electron chi connectivity index (χ1n) is 5.07. The average molecular weight is 245 g/mol. The van der Waals surface area contributed by atoms with Gasteiger partial charge >= 0.3 is 0 Å².